The van der Waals surface area contributed by atoms with Crippen molar-refractivity contribution >= 4 is 37.9 Å². The maximum atomic E-state index is 2.59. The van der Waals surface area contributed by atoms with Crippen molar-refractivity contribution in [2.24, 2.45) is 5.41 Å². The van der Waals surface area contributed by atoms with E-state index in [9.17, 15) is 0 Å². The smallest absolute Gasteiger partial charge is 0.00921 e. The van der Waals surface area contributed by atoms with Gasteiger partial charge in [0.25, 0.3) is 0 Å². The largest absolute Gasteiger partial charge is 0.0645 e. The Morgan fingerprint density at radius 3 is 0.603 bits per heavy atom. The van der Waals surface area contributed by atoms with E-state index >= 15 is 0 Å². The van der Waals surface area contributed by atoms with E-state index in [4.69, 9.17) is 0 Å². The van der Waals surface area contributed by atoms with Gasteiger partial charge in [0.05, 0.1) is 0 Å². The molecule has 0 aromatic heterocycles. The van der Waals surface area contributed by atoms with Crippen LogP contribution in [0.1, 0.15) is 171 Å². The first kappa shape index (κ1) is 54.6. The fraction of sp³-hybridized carbons (Fsp3) is 0.333. The van der Waals surface area contributed by atoms with Gasteiger partial charge in [0, 0.05) is 0 Å². The summed E-state index contributed by atoms with van der Waals surface area (Å²) in [5, 5.41) is 7.64. The highest BCUT2D eigenvalue weighted by atomic mass is 14.3. The fourth-order valence-electron chi connectivity index (χ4n) is 11.8. The van der Waals surface area contributed by atoms with Crippen molar-refractivity contribution in [3.8, 4) is 55.6 Å². The maximum absolute atomic E-state index is 2.59. The van der Waals surface area contributed by atoms with Crippen LogP contribution in [-0.4, -0.2) is 0 Å². The van der Waals surface area contributed by atoms with Crippen LogP contribution < -0.4 is 0 Å². The molecule has 1 aliphatic carbocycles. The lowest BCUT2D eigenvalue weighted by atomic mass is 9.77. The molecule has 0 amide bonds. The molecule has 0 unspecified atom stereocenters. The SMILES string of the molecule is CC(C)(C)C1=CC=C(c2cc3c(cc2-c2ccc(C(C)(C)C)cc2)c2cc(-c4ccc(C(C)(C)C)cc4)c(-c4ccc(C(C)(C)C)cc4)cc2c2cc(-c4ccc(C(C)(C)C)cc4)c(-c4ccc(C(C)(C)C)cc4)cc32)CC1. The fourth-order valence-corrected chi connectivity index (χ4v) is 11.8. The molecule has 0 fully saturated rings. The second kappa shape index (κ2) is 19.6. The van der Waals surface area contributed by atoms with Gasteiger partial charge >= 0.3 is 0 Å². The molecule has 1 aliphatic rings. The average molecular weight is 1020 g/mol. The van der Waals surface area contributed by atoms with E-state index in [1.54, 1.807) is 0 Å². The van der Waals surface area contributed by atoms with Gasteiger partial charge in [-0.15, -0.1) is 0 Å². The van der Waals surface area contributed by atoms with E-state index in [2.05, 4.69) is 295 Å². The van der Waals surface area contributed by atoms with Crippen LogP contribution in [0.5, 0.6) is 0 Å². The topological polar surface area (TPSA) is 0 Å². The van der Waals surface area contributed by atoms with Crippen molar-refractivity contribution in [2.45, 2.75) is 165 Å². The number of fused-ring (bicyclic) bond motifs is 6. The summed E-state index contributed by atoms with van der Waals surface area (Å²) in [7, 11) is 0. The van der Waals surface area contributed by atoms with E-state index in [0.29, 0.717) is 0 Å². The van der Waals surface area contributed by atoms with Crippen LogP contribution in [0.4, 0.5) is 0 Å². The minimum absolute atomic E-state index is 0.0391. The summed E-state index contributed by atoms with van der Waals surface area (Å²) < 4.78 is 0. The summed E-state index contributed by atoms with van der Waals surface area (Å²) in [5.41, 5.74) is 23.7. The molecule has 0 atom stereocenters. The minimum atomic E-state index is 0.0391. The number of hydrogen-bond donors (Lipinski definition) is 0. The number of rotatable bonds is 6. The lowest BCUT2D eigenvalue weighted by Gasteiger charge is -2.27. The van der Waals surface area contributed by atoms with E-state index in [1.165, 1.54) is 132 Å². The van der Waals surface area contributed by atoms with E-state index in [1.807, 2.05) is 0 Å². The molecule has 9 aromatic carbocycles. The zero-order valence-electron chi connectivity index (χ0n) is 50.6. The van der Waals surface area contributed by atoms with Gasteiger partial charge in [0.1, 0.15) is 0 Å². The highest BCUT2D eigenvalue weighted by molar-refractivity contribution is 6.29. The van der Waals surface area contributed by atoms with Crippen molar-refractivity contribution in [2.75, 3.05) is 0 Å². The molecule has 0 heterocycles. The van der Waals surface area contributed by atoms with Crippen molar-refractivity contribution < 1.29 is 0 Å². The Labute approximate surface area is 469 Å². The first-order chi connectivity index (χ1) is 36.4. The molecule has 0 saturated heterocycles. The molecule has 9 aromatic rings. The highest BCUT2D eigenvalue weighted by Gasteiger charge is 2.26. The molecular formula is C78H86. The Hall–Kier alpha value is -6.76. The van der Waals surface area contributed by atoms with E-state index in [-0.39, 0.29) is 32.5 Å². The molecular weight excluding hydrogens is 937 g/mol. The Kier molecular flexibility index (Phi) is 13.7. The van der Waals surface area contributed by atoms with Crippen molar-refractivity contribution in [1.29, 1.82) is 0 Å². The number of benzene rings is 9. The van der Waals surface area contributed by atoms with Gasteiger partial charge in [-0.1, -0.05) is 264 Å². The average Bonchev–Trinajstić information content (AvgIpc) is 3.56. The third kappa shape index (κ3) is 10.7. The monoisotopic (exact) mass is 1020 g/mol. The zero-order chi connectivity index (χ0) is 56.1. The number of hydrogen-bond acceptors (Lipinski definition) is 0. The first-order valence-corrected chi connectivity index (χ1v) is 28.9. The van der Waals surface area contributed by atoms with E-state index in [0.717, 1.165) is 12.8 Å². The molecule has 0 saturated carbocycles. The summed E-state index contributed by atoms with van der Waals surface area (Å²) in [4.78, 5) is 0. The molecule has 0 aliphatic heterocycles. The summed E-state index contributed by atoms with van der Waals surface area (Å²) in [5.74, 6) is 0. The van der Waals surface area contributed by atoms with Crippen LogP contribution in [0.2, 0.25) is 0 Å². The summed E-state index contributed by atoms with van der Waals surface area (Å²) in [6.45, 7) is 41.7. The molecule has 0 radical (unpaired) electrons. The molecule has 0 N–H and O–H groups in total. The quantitative estimate of drug-likeness (QED) is 0.146. The van der Waals surface area contributed by atoms with Crippen LogP contribution in [-0.2, 0) is 27.1 Å². The normalized spacial score (nSPS) is 14.1. The minimum Gasteiger partial charge on any atom is -0.0645 e. The molecule has 0 bridgehead atoms. The van der Waals surface area contributed by atoms with Crippen molar-refractivity contribution in [3.63, 3.8) is 0 Å². The van der Waals surface area contributed by atoms with Crippen LogP contribution in [0, 0.1) is 5.41 Å². The molecule has 78 heavy (non-hydrogen) atoms. The van der Waals surface area contributed by atoms with Gasteiger partial charge in [-0.3, -0.25) is 0 Å². The molecule has 0 spiro atoms. The van der Waals surface area contributed by atoms with Gasteiger partial charge in [0.15, 0.2) is 0 Å². The van der Waals surface area contributed by atoms with Gasteiger partial charge < -0.3 is 0 Å². The lowest BCUT2D eigenvalue weighted by Crippen LogP contribution is -2.11. The van der Waals surface area contributed by atoms with Crippen LogP contribution in [0.25, 0.3) is 93.5 Å². The van der Waals surface area contributed by atoms with Crippen LogP contribution >= 0.6 is 0 Å². The first-order valence-electron chi connectivity index (χ1n) is 28.9. The summed E-state index contributed by atoms with van der Waals surface area (Å²) in [6.07, 6.45) is 6.92. The molecule has 0 nitrogen and oxygen atoms in total. The second-order valence-electron chi connectivity index (χ2n) is 29.1. The Morgan fingerprint density at radius 1 is 0.218 bits per heavy atom. The zero-order valence-corrected chi connectivity index (χ0v) is 50.6. The van der Waals surface area contributed by atoms with Gasteiger partial charge in [-0.05, 0) is 209 Å². The van der Waals surface area contributed by atoms with Gasteiger partial charge in [-0.2, -0.15) is 0 Å². The Bertz CT molecular complexity index is 3690. The van der Waals surface area contributed by atoms with Crippen LogP contribution in [0.15, 0.2) is 175 Å². The van der Waals surface area contributed by atoms with Gasteiger partial charge in [-0.25, -0.2) is 0 Å². The van der Waals surface area contributed by atoms with Crippen molar-refractivity contribution in [1.82, 2.24) is 0 Å². The third-order valence-electron chi connectivity index (χ3n) is 17.1. The Morgan fingerprint density at radius 2 is 0.423 bits per heavy atom. The molecule has 0 heteroatoms. The number of allylic oxidation sites excluding steroid dienone is 4. The molecule has 10 rings (SSSR count). The standard InChI is InChI=1S/C78H86/c1-73(2,3)55-31-19-49(20-32-55)61-43-67-68(44-62(61)50-21-33-56(34-22-50)74(4,5)6)70-46-64(52-25-37-58(38-26-52)76(10,11)12)66(54-29-41-60(42-30-54)78(16,17)18)48-72(70)71-47-65(53-27-39-59(40-28-53)77(13,14)15)63(45-69(67)71)51-23-35-57(36-24-51)75(7,8)9/h19-29,31-41,43-48H,30,42H2,1-18H3. The second-order valence-corrected chi connectivity index (χ2v) is 29.1. The Balaban J connectivity index is 1.38. The highest BCUT2D eigenvalue weighted by Crippen LogP contribution is 2.49. The predicted octanol–water partition coefficient (Wildman–Crippen LogP) is 23.1. The maximum Gasteiger partial charge on any atom is -0.00921 e. The van der Waals surface area contributed by atoms with E-state index < -0.39 is 0 Å². The molecule has 398 valence electrons. The lowest BCUT2D eigenvalue weighted by molar-refractivity contribution is 0.482. The third-order valence-corrected chi connectivity index (χ3v) is 17.1. The van der Waals surface area contributed by atoms with Gasteiger partial charge in [0.2, 0.25) is 0 Å². The van der Waals surface area contributed by atoms with Crippen LogP contribution in [0.3, 0.4) is 0 Å². The van der Waals surface area contributed by atoms with Crippen molar-refractivity contribution in [3.05, 3.63) is 209 Å². The summed E-state index contributed by atoms with van der Waals surface area (Å²) in [6, 6.07) is 62.6. The summed E-state index contributed by atoms with van der Waals surface area (Å²) >= 11 is 0. The predicted molar refractivity (Wildman–Crippen MR) is 344 cm³/mol.